The fourth-order valence-corrected chi connectivity index (χ4v) is 12.5. The highest BCUT2D eigenvalue weighted by molar-refractivity contribution is 5.89. The minimum atomic E-state index is 0.0725. The lowest BCUT2D eigenvalue weighted by Crippen LogP contribution is -2.43. The number of hydrogen-bond donors (Lipinski definition) is 0. The molecule has 9 rings (SSSR count). The van der Waals surface area contributed by atoms with Crippen LogP contribution in [0.15, 0.2) is 121 Å². The standard InChI is InChI=1S/C58H66N2/c1-37-33-57-35-38(2)36-58(57,34-37)52-32-48(60(46-21-17-14-18-22-46)54-41(5)29-44(30-42(54)6)56(10,11)12)24-26-50(52)49-25-23-47(31-51(49)57)59(45-19-15-13-16-20-45)53-39(3)27-43(28-40(53)4)55(7,8)9/h13-32,37-38H,33-36H2,1-12H3/t37?,38?,57-,58+. The summed E-state index contributed by atoms with van der Waals surface area (Å²) in [5.74, 6) is 1.28. The molecule has 308 valence electrons. The van der Waals surface area contributed by atoms with Crippen LogP contribution in [0.1, 0.15) is 126 Å². The van der Waals surface area contributed by atoms with Crippen LogP contribution in [-0.4, -0.2) is 0 Å². The van der Waals surface area contributed by atoms with Crippen molar-refractivity contribution < 1.29 is 0 Å². The molecule has 60 heavy (non-hydrogen) atoms. The van der Waals surface area contributed by atoms with Crippen LogP contribution >= 0.6 is 0 Å². The van der Waals surface area contributed by atoms with Crippen LogP contribution in [0.4, 0.5) is 34.1 Å². The first-order valence-electron chi connectivity index (χ1n) is 22.7. The van der Waals surface area contributed by atoms with Crippen LogP contribution in [0.3, 0.4) is 0 Å². The summed E-state index contributed by atoms with van der Waals surface area (Å²) in [6.07, 6.45) is 4.93. The summed E-state index contributed by atoms with van der Waals surface area (Å²) >= 11 is 0. The van der Waals surface area contributed by atoms with E-state index in [2.05, 4.69) is 214 Å². The normalized spacial score (nSPS) is 21.9. The van der Waals surface area contributed by atoms with E-state index in [1.807, 2.05) is 0 Å². The average Bonchev–Trinajstić information content (AvgIpc) is 3.65. The molecule has 0 aromatic heterocycles. The summed E-state index contributed by atoms with van der Waals surface area (Å²) in [4.78, 5) is 5.11. The molecular weight excluding hydrogens is 725 g/mol. The molecule has 2 heteroatoms. The maximum atomic E-state index is 2.64. The zero-order valence-corrected chi connectivity index (χ0v) is 38.4. The molecule has 0 aliphatic heterocycles. The van der Waals surface area contributed by atoms with E-state index in [1.54, 1.807) is 11.1 Å². The fourth-order valence-electron chi connectivity index (χ4n) is 12.5. The molecule has 0 heterocycles. The van der Waals surface area contributed by atoms with Crippen molar-refractivity contribution in [3.05, 3.63) is 166 Å². The average molecular weight is 791 g/mol. The minimum absolute atomic E-state index is 0.0725. The highest BCUT2D eigenvalue weighted by atomic mass is 15.2. The van der Waals surface area contributed by atoms with Crippen molar-refractivity contribution in [1.82, 2.24) is 0 Å². The first-order valence-corrected chi connectivity index (χ1v) is 22.7. The van der Waals surface area contributed by atoms with Gasteiger partial charge in [-0.05, 0) is 180 Å². The van der Waals surface area contributed by atoms with E-state index in [0.717, 1.165) is 0 Å². The molecule has 0 atom stereocenters. The summed E-state index contributed by atoms with van der Waals surface area (Å²) in [5, 5.41) is 0. The topological polar surface area (TPSA) is 6.48 Å². The molecule has 3 aliphatic rings. The third-order valence-electron chi connectivity index (χ3n) is 14.7. The zero-order chi connectivity index (χ0) is 42.5. The lowest BCUT2D eigenvalue weighted by atomic mass is 9.55. The Balaban J connectivity index is 1.27. The molecule has 0 unspecified atom stereocenters. The van der Waals surface area contributed by atoms with Crippen LogP contribution in [0.25, 0.3) is 11.1 Å². The van der Waals surface area contributed by atoms with Crippen molar-refractivity contribution in [2.24, 2.45) is 11.8 Å². The van der Waals surface area contributed by atoms with Gasteiger partial charge in [-0.15, -0.1) is 0 Å². The van der Waals surface area contributed by atoms with E-state index in [9.17, 15) is 0 Å². The van der Waals surface area contributed by atoms with Crippen molar-refractivity contribution in [2.75, 3.05) is 9.80 Å². The molecule has 2 nitrogen and oxygen atoms in total. The van der Waals surface area contributed by atoms with E-state index in [-0.39, 0.29) is 21.7 Å². The van der Waals surface area contributed by atoms with Crippen molar-refractivity contribution in [3.8, 4) is 11.1 Å². The van der Waals surface area contributed by atoms with Crippen LogP contribution in [0.2, 0.25) is 0 Å². The van der Waals surface area contributed by atoms with Gasteiger partial charge in [0.2, 0.25) is 0 Å². The monoisotopic (exact) mass is 791 g/mol. The Labute approximate surface area is 361 Å². The summed E-state index contributed by atoms with van der Waals surface area (Å²) in [7, 11) is 0. The summed E-state index contributed by atoms with van der Waals surface area (Å²) in [5.41, 5.74) is 21.9. The molecule has 0 saturated heterocycles. The predicted molar refractivity (Wildman–Crippen MR) is 258 cm³/mol. The Morgan fingerprint density at radius 2 is 0.733 bits per heavy atom. The SMILES string of the molecule is Cc1cc(C(C)(C)C)cc(C)c1N(c1ccccc1)c1ccc2c(c1)[C@]13CC(C)C[C@]1(CC(C)C3)c1cc(N(c3ccccc3)c3c(C)cc(C(C)(C)C)cc3C)ccc1-2. The van der Waals surface area contributed by atoms with Gasteiger partial charge in [-0.3, -0.25) is 0 Å². The van der Waals surface area contributed by atoms with E-state index in [0.29, 0.717) is 11.8 Å². The number of aryl methyl sites for hydroxylation is 4. The molecule has 0 radical (unpaired) electrons. The van der Waals surface area contributed by atoms with Gasteiger partial charge in [-0.2, -0.15) is 0 Å². The molecule has 2 saturated carbocycles. The van der Waals surface area contributed by atoms with E-state index in [4.69, 9.17) is 0 Å². The van der Waals surface area contributed by atoms with Crippen molar-refractivity contribution >= 4 is 34.1 Å². The number of fused-ring (bicyclic) bond motifs is 3. The third-order valence-corrected chi connectivity index (χ3v) is 14.7. The summed E-state index contributed by atoms with van der Waals surface area (Å²) < 4.78 is 0. The Hall–Kier alpha value is -5.08. The summed E-state index contributed by atoms with van der Waals surface area (Å²) in [6, 6.07) is 46.9. The summed E-state index contributed by atoms with van der Waals surface area (Å²) in [6.45, 7) is 28.2. The van der Waals surface area contributed by atoms with Crippen LogP contribution < -0.4 is 9.80 Å². The van der Waals surface area contributed by atoms with Gasteiger partial charge in [0.15, 0.2) is 0 Å². The molecular formula is C58H66N2. The minimum Gasteiger partial charge on any atom is -0.310 e. The Morgan fingerprint density at radius 1 is 0.417 bits per heavy atom. The van der Waals surface area contributed by atoms with Gasteiger partial charge >= 0.3 is 0 Å². The molecule has 0 bridgehead atoms. The van der Waals surface area contributed by atoms with Gasteiger partial charge in [0.1, 0.15) is 0 Å². The number of rotatable bonds is 6. The Kier molecular flexibility index (Phi) is 9.58. The second kappa shape index (κ2) is 14.3. The Morgan fingerprint density at radius 3 is 1.03 bits per heavy atom. The fraction of sp³-hybridized carbons (Fsp3) is 0.379. The highest BCUT2D eigenvalue weighted by Gasteiger charge is 2.65. The molecule has 3 aliphatic carbocycles. The molecule has 0 amide bonds. The van der Waals surface area contributed by atoms with Gasteiger partial charge in [-0.25, -0.2) is 0 Å². The molecule has 0 N–H and O–H groups in total. The number of nitrogens with zero attached hydrogens (tertiary/aromatic N) is 2. The highest BCUT2D eigenvalue weighted by Crippen LogP contribution is 2.72. The van der Waals surface area contributed by atoms with Crippen molar-refractivity contribution in [2.45, 2.75) is 130 Å². The largest absolute Gasteiger partial charge is 0.310 e. The maximum Gasteiger partial charge on any atom is 0.0520 e. The molecule has 0 spiro atoms. The van der Waals surface area contributed by atoms with E-state index < -0.39 is 0 Å². The quantitative estimate of drug-likeness (QED) is 0.166. The number of hydrogen-bond acceptors (Lipinski definition) is 2. The predicted octanol–water partition coefficient (Wildman–Crippen LogP) is 16.5. The Bertz CT molecular complexity index is 2360. The number of anilines is 6. The van der Waals surface area contributed by atoms with Gasteiger partial charge in [0.05, 0.1) is 11.4 Å². The van der Waals surface area contributed by atoms with E-state index >= 15 is 0 Å². The van der Waals surface area contributed by atoms with Gasteiger partial charge < -0.3 is 9.80 Å². The second-order valence-electron chi connectivity index (χ2n) is 21.4. The lowest BCUT2D eigenvalue weighted by molar-refractivity contribution is 0.299. The van der Waals surface area contributed by atoms with Crippen LogP contribution in [0.5, 0.6) is 0 Å². The van der Waals surface area contributed by atoms with Gasteiger partial charge in [0, 0.05) is 33.6 Å². The smallest absolute Gasteiger partial charge is 0.0520 e. The second-order valence-corrected chi connectivity index (χ2v) is 21.4. The molecule has 6 aromatic rings. The van der Waals surface area contributed by atoms with Gasteiger partial charge in [-0.1, -0.05) is 128 Å². The van der Waals surface area contributed by atoms with Crippen molar-refractivity contribution in [3.63, 3.8) is 0 Å². The first kappa shape index (κ1) is 40.3. The van der Waals surface area contributed by atoms with E-state index in [1.165, 1.54) is 104 Å². The first-order chi connectivity index (χ1) is 28.4. The zero-order valence-electron chi connectivity index (χ0n) is 38.4. The van der Waals surface area contributed by atoms with Gasteiger partial charge in [0.25, 0.3) is 0 Å². The van der Waals surface area contributed by atoms with Crippen LogP contribution in [-0.2, 0) is 21.7 Å². The van der Waals surface area contributed by atoms with Crippen LogP contribution in [0, 0.1) is 39.5 Å². The lowest BCUT2D eigenvalue weighted by Gasteiger charge is -2.48. The maximum absolute atomic E-state index is 2.64. The molecule has 2 fully saturated rings. The molecule has 6 aromatic carbocycles. The third kappa shape index (κ3) is 6.35. The number of benzene rings is 6. The number of para-hydroxylation sites is 2. The van der Waals surface area contributed by atoms with Crippen molar-refractivity contribution in [1.29, 1.82) is 0 Å².